The van der Waals surface area contributed by atoms with Gasteiger partial charge in [-0.1, -0.05) is 48.5 Å². The molecule has 0 radical (unpaired) electrons. The van der Waals surface area contributed by atoms with Crippen LogP contribution in [0.15, 0.2) is 72.8 Å². The van der Waals surface area contributed by atoms with Gasteiger partial charge in [-0.3, -0.25) is 0 Å². The molecule has 0 aromatic heterocycles. The van der Waals surface area contributed by atoms with Crippen molar-refractivity contribution in [1.29, 1.82) is 0 Å². The smallest absolute Gasteiger partial charge is 0.162 e. The molecule has 1 unspecified atom stereocenters. The largest absolute Gasteiger partial charge is 0.493 e. The molecule has 0 heterocycles. The van der Waals surface area contributed by atoms with Crippen LogP contribution in [-0.4, -0.2) is 12.2 Å². The van der Waals surface area contributed by atoms with Gasteiger partial charge >= 0.3 is 0 Å². The van der Waals surface area contributed by atoms with Gasteiger partial charge in [0.05, 0.1) is 13.2 Å². The molecule has 0 aliphatic carbocycles. The molecule has 0 saturated carbocycles. The number of aliphatic hydroxyl groups excluding tert-OH is 1. The number of aliphatic hydroxyl groups is 1. The van der Waals surface area contributed by atoms with Crippen molar-refractivity contribution in [2.24, 2.45) is 0 Å². The van der Waals surface area contributed by atoms with Gasteiger partial charge in [-0.15, -0.1) is 0 Å². The van der Waals surface area contributed by atoms with Crippen molar-refractivity contribution in [3.05, 3.63) is 89.5 Å². The van der Waals surface area contributed by atoms with Crippen LogP contribution in [0.3, 0.4) is 0 Å². The Labute approximate surface area is 160 Å². The highest BCUT2D eigenvalue weighted by molar-refractivity contribution is 5.43. The predicted molar refractivity (Wildman–Crippen MR) is 105 cm³/mol. The summed E-state index contributed by atoms with van der Waals surface area (Å²) in [6.07, 6.45) is -0.521. The molecule has 0 aliphatic rings. The first-order chi connectivity index (χ1) is 13.2. The summed E-state index contributed by atoms with van der Waals surface area (Å²) in [5, 5.41) is 9.69. The van der Waals surface area contributed by atoms with E-state index in [-0.39, 0.29) is 0 Å². The van der Waals surface area contributed by atoms with Gasteiger partial charge in [0, 0.05) is 0 Å². The molecule has 0 amide bonds. The van der Waals surface area contributed by atoms with E-state index in [2.05, 4.69) is 0 Å². The lowest BCUT2D eigenvalue weighted by Gasteiger charge is -2.14. The van der Waals surface area contributed by atoms with Gasteiger partial charge in [0.2, 0.25) is 0 Å². The molecule has 27 heavy (non-hydrogen) atoms. The minimum absolute atomic E-state index is 0.398. The van der Waals surface area contributed by atoms with Crippen molar-refractivity contribution in [3.8, 4) is 17.2 Å². The Morgan fingerprint density at radius 3 is 2.30 bits per heavy atom. The molecule has 3 rings (SSSR count). The van der Waals surface area contributed by atoms with Crippen LogP contribution < -0.4 is 14.2 Å². The second-order valence-electron chi connectivity index (χ2n) is 6.30. The van der Waals surface area contributed by atoms with E-state index in [1.54, 1.807) is 14.0 Å². The van der Waals surface area contributed by atoms with E-state index in [1.807, 2.05) is 72.8 Å². The van der Waals surface area contributed by atoms with E-state index in [4.69, 9.17) is 14.2 Å². The Balaban J connectivity index is 1.68. The number of methoxy groups -OCH3 is 1. The zero-order valence-electron chi connectivity index (χ0n) is 15.6. The van der Waals surface area contributed by atoms with Gasteiger partial charge in [-0.2, -0.15) is 0 Å². The molecule has 3 aromatic rings. The lowest BCUT2D eigenvalue weighted by molar-refractivity contribution is 0.198. The number of benzene rings is 3. The Hall–Kier alpha value is -2.98. The third kappa shape index (κ3) is 5.25. The maximum absolute atomic E-state index is 9.69. The van der Waals surface area contributed by atoms with Crippen molar-refractivity contribution in [3.63, 3.8) is 0 Å². The summed E-state index contributed by atoms with van der Waals surface area (Å²) in [6.45, 7) is 2.60. The first-order valence-electron chi connectivity index (χ1n) is 8.90. The molecular weight excluding hydrogens is 340 g/mol. The van der Waals surface area contributed by atoms with E-state index in [9.17, 15) is 5.11 Å². The first-order valence-corrected chi connectivity index (χ1v) is 8.90. The normalized spacial score (nSPS) is 11.7. The molecule has 140 valence electrons. The Morgan fingerprint density at radius 1 is 0.778 bits per heavy atom. The van der Waals surface area contributed by atoms with E-state index < -0.39 is 6.10 Å². The van der Waals surface area contributed by atoms with Crippen molar-refractivity contribution in [2.75, 3.05) is 7.11 Å². The van der Waals surface area contributed by atoms with Crippen molar-refractivity contribution in [2.45, 2.75) is 26.2 Å². The molecular formula is C23H24O4. The fourth-order valence-corrected chi connectivity index (χ4v) is 2.69. The summed E-state index contributed by atoms with van der Waals surface area (Å²) in [7, 11) is 1.63. The molecule has 1 atom stereocenters. The van der Waals surface area contributed by atoms with E-state index in [0.29, 0.717) is 24.7 Å². The van der Waals surface area contributed by atoms with Gasteiger partial charge in [0.1, 0.15) is 19.0 Å². The average Bonchev–Trinajstić information content (AvgIpc) is 2.71. The van der Waals surface area contributed by atoms with E-state index in [0.717, 1.165) is 22.4 Å². The fourth-order valence-electron chi connectivity index (χ4n) is 2.69. The van der Waals surface area contributed by atoms with Gasteiger partial charge < -0.3 is 19.3 Å². The van der Waals surface area contributed by atoms with E-state index >= 15 is 0 Å². The zero-order chi connectivity index (χ0) is 19.1. The van der Waals surface area contributed by atoms with Crippen LogP contribution in [0, 0.1) is 0 Å². The number of hydrogen-bond donors (Lipinski definition) is 1. The second-order valence-corrected chi connectivity index (χ2v) is 6.30. The SMILES string of the molecule is COc1ccc(COc2cccc(C(C)O)c2)cc1OCc1ccccc1. The molecule has 1 N–H and O–H groups in total. The first kappa shape index (κ1) is 18.8. The van der Waals surface area contributed by atoms with E-state index in [1.165, 1.54) is 0 Å². The highest BCUT2D eigenvalue weighted by Crippen LogP contribution is 2.29. The van der Waals surface area contributed by atoms with Crippen molar-refractivity contribution in [1.82, 2.24) is 0 Å². The summed E-state index contributed by atoms with van der Waals surface area (Å²) in [4.78, 5) is 0. The second kappa shape index (κ2) is 9.10. The highest BCUT2D eigenvalue weighted by atomic mass is 16.5. The maximum Gasteiger partial charge on any atom is 0.162 e. The minimum Gasteiger partial charge on any atom is -0.493 e. The molecule has 0 spiro atoms. The number of ether oxygens (including phenoxy) is 3. The minimum atomic E-state index is -0.521. The lowest BCUT2D eigenvalue weighted by atomic mass is 10.1. The predicted octanol–water partition coefficient (Wildman–Crippen LogP) is 4.91. The van der Waals surface area contributed by atoms with Crippen LogP contribution in [0.4, 0.5) is 0 Å². The van der Waals surface area contributed by atoms with Gasteiger partial charge in [0.25, 0.3) is 0 Å². The molecule has 0 fully saturated rings. The fraction of sp³-hybridized carbons (Fsp3) is 0.217. The Bertz CT molecular complexity index is 859. The van der Waals surface area contributed by atoms with Crippen LogP contribution in [-0.2, 0) is 13.2 Å². The molecule has 0 saturated heterocycles. The number of rotatable bonds is 8. The monoisotopic (exact) mass is 364 g/mol. The summed E-state index contributed by atoms with van der Waals surface area (Å²) in [6, 6.07) is 23.2. The quantitative estimate of drug-likeness (QED) is 0.617. The standard InChI is InChI=1S/C23H24O4/c1-17(24)20-9-6-10-21(14-20)26-16-19-11-12-22(25-2)23(13-19)27-15-18-7-4-3-5-8-18/h3-14,17,24H,15-16H2,1-2H3. The van der Waals surface area contributed by atoms with Crippen LogP contribution >= 0.6 is 0 Å². The lowest BCUT2D eigenvalue weighted by Crippen LogP contribution is -2.01. The van der Waals surface area contributed by atoms with Crippen molar-refractivity contribution >= 4 is 0 Å². The molecule has 0 aliphatic heterocycles. The molecule has 4 heteroatoms. The maximum atomic E-state index is 9.69. The summed E-state index contributed by atoms with van der Waals surface area (Å²) < 4.78 is 17.2. The Kier molecular flexibility index (Phi) is 6.34. The zero-order valence-corrected chi connectivity index (χ0v) is 15.6. The van der Waals surface area contributed by atoms with Crippen LogP contribution in [0.2, 0.25) is 0 Å². The Morgan fingerprint density at radius 2 is 1.56 bits per heavy atom. The van der Waals surface area contributed by atoms with Gasteiger partial charge in [-0.05, 0) is 47.9 Å². The third-order valence-electron chi connectivity index (χ3n) is 4.21. The molecule has 0 bridgehead atoms. The molecule has 4 nitrogen and oxygen atoms in total. The average molecular weight is 364 g/mol. The summed E-state index contributed by atoms with van der Waals surface area (Å²) in [5.41, 5.74) is 2.89. The van der Waals surface area contributed by atoms with Gasteiger partial charge in [-0.25, -0.2) is 0 Å². The molecule has 3 aromatic carbocycles. The van der Waals surface area contributed by atoms with Crippen LogP contribution in [0.5, 0.6) is 17.2 Å². The van der Waals surface area contributed by atoms with Crippen LogP contribution in [0.25, 0.3) is 0 Å². The van der Waals surface area contributed by atoms with Gasteiger partial charge in [0.15, 0.2) is 11.5 Å². The number of hydrogen-bond acceptors (Lipinski definition) is 4. The summed E-state index contributed by atoms with van der Waals surface area (Å²) >= 11 is 0. The highest BCUT2D eigenvalue weighted by Gasteiger charge is 2.08. The van der Waals surface area contributed by atoms with Crippen LogP contribution in [0.1, 0.15) is 29.7 Å². The summed E-state index contributed by atoms with van der Waals surface area (Å²) in [5.74, 6) is 2.09. The van der Waals surface area contributed by atoms with Crippen molar-refractivity contribution < 1.29 is 19.3 Å². The third-order valence-corrected chi connectivity index (χ3v) is 4.21. The topological polar surface area (TPSA) is 47.9 Å².